The topological polar surface area (TPSA) is 21.3 Å². The lowest BCUT2D eigenvalue weighted by Crippen LogP contribution is -2.32. The number of aromatic nitrogens is 1. The number of halogens is 1. The minimum Gasteiger partial charge on any atom is -0.468 e. The molecule has 3 heterocycles. The molecular weight excluding hydrogens is 339 g/mol. The Kier molecular flexibility index (Phi) is 5.63. The lowest BCUT2D eigenvalue weighted by atomic mass is 9.89. The van der Waals surface area contributed by atoms with E-state index < -0.39 is 0 Å². The molecule has 1 aliphatic rings. The molecular formula is C23H29FN2O. The molecule has 1 saturated heterocycles. The Hall–Kier alpha value is -2.07. The molecule has 0 spiro atoms. The van der Waals surface area contributed by atoms with Gasteiger partial charge in [-0.25, -0.2) is 4.39 Å². The first-order chi connectivity index (χ1) is 13.2. The minimum atomic E-state index is -0.142. The molecule has 0 radical (unpaired) electrons. The Bertz CT molecular complexity index is 860. The highest BCUT2D eigenvalue weighted by molar-refractivity contribution is 5.84. The van der Waals surface area contributed by atoms with Crippen molar-refractivity contribution < 1.29 is 8.81 Å². The van der Waals surface area contributed by atoms with E-state index in [9.17, 15) is 4.39 Å². The van der Waals surface area contributed by atoms with E-state index in [1.165, 1.54) is 23.8 Å². The summed E-state index contributed by atoms with van der Waals surface area (Å²) < 4.78 is 21.6. The molecule has 0 bridgehead atoms. The molecule has 144 valence electrons. The number of fused-ring (bicyclic) bond motifs is 1. The number of hydrogen-bond donors (Lipinski definition) is 0. The quantitative estimate of drug-likeness (QED) is 0.481. The first-order valence-corrected chi connectivity index (χ1v) is 10.3. The van der Waals surface area contributed by atoms with Crippen LogP contribution in [-0.2, 0) is 13.1 Å². The Balaban J connectivity index is 1.50. The third-order valence-electron chi connectivity index (χ3n) is 5.86. The standard InChI is InChI=1S/C23H29FN2O/c1-2-3-4-11-26-17-22(21-8-7-19(24)15-23(21)26)18-9-12-25(13-10-18)16-20-6-5-14-27-20/h5-8,14-15,17-18H,2-4,9-13,16H2,1H3. The van der Waals surface area contributed by atoms with Crippen molar-refractivity contribution in [3.63, 3.8) is 0 Å². The zero-order valence-corrected chi connectivity index (χ0v) is 16.2. The molecule has 0 aliphatic carbocycles. The minimum absolute atomic E-state index is 0.142. The molecule has 27 heavy (non-hydrogen) atoms. The summed E-state index contributed by atoms with van der Waals surface area (Å²) in [6.45, 7) is 6.24. The second kappa shape index (κ2) is 8.30. The van der Waals surface area contributed by atoms with E-state index in [4.69, 9.17) is 4.42 Å². The van der Waals surface area contributed by atoms with Crippen LogP contribution < -0.4 is 0 Å². The van der Waals surface area contributed by atoms with Crippen LogP contribution in [0.3, 0.4) is 0 Å². The fraction of sp³-hybridized carbons (Fsp3) is 0.478. The number of aryl methyl sites for hydroxylation is 1. The van der Waals surface area contributed by atoms with Crippen LogP contribution in [0.2, 0.25) is 0 Å². The summed E-state index contributed by atoms with van der Waals surface area (Å²) in [6.07, 6.45) is 9.90. The molecule has 4 rings (SSSR count). The molecule has 1 aromatic carbocycles. The summed E-state index contributed by atoms with van der Waals surface area (Å²) >= 11 is 0. The van der Waals surface area contributed by atoms with Crippen LogP contribution in [-0.4, -0.2) is 22.6 Å². The van der Waals surface area contributed by atoms with Crippen LogP contribution in [0.4, 0.5) is 4.39 Å². The van der Waals surface area contributed by atoms with Crippen molar-refractivity contribution in [1.82, 2.24) is 9.47 Å². The second-order valence-electron chi connectivity index (χ2n) is 7.78. The molecule has 3 nitrogen and oxygen atoms in total. The maximum Gasteiger partial charge on any atom is 0.125 e. The van der Waals surface area contributed by atoms with Crippen molar-refractivity contribution in [2.75, 3.05) is 13.1 Å². The smallest absolute Gasteiger partial charge is 0.125 e. The highest BCUT2D eigenvalue weighted by atomic mass is 19.1. The summed E-state index contributed by atoms with van der Waals surface area (Å²) in [5, 5.41) is 1.23. The zero-order chi connectivity index (χ0) is 18.6. The fourth-order valence-electron chi connectivity index (χ4n) is 4.36. The van der Waals surface area contributed by atoms with E-state index in [-0.39, 0.29) is 5.82 Å². The van der Waals surface area contributed by atoms with E-state index in [1.807, 2.05) is 18.2 Å². The van der Waals surface area contributed by atoms with Crippen LogP contribution in [0.1, 0.15) is 56.3 Å². The van der Waals surface area contributed by atoms with Gasteiger partial charge in [-0.1, -0.05) is 19.8 Å². The third kappa shape index (κ3) is 4.11. The van der Waals surface area contributed by atoms with Gasteiger partial charge in [0.25, 0.3) is 0 Å². The van der Waals surface area contributed by atoms with Gasteiger partial charge in [-0.15, -0.1) is 0 Å². The van der Waals surface area contributed by atoms with Gasteiger partial charge in [0.15, 0.2) is 0 Å². The Morgan fingerprint density at radius 3 is 2.74 bits per heavy atom. The van der Waals surface area contributed by atoms with Gasteiger partial charge in [0, 0.05) is 18.1 Å². The molecule has 1 aliphatic heterocycles. The molecule has 0 amide bonds. The SMILES string of the molecule is CCCCCn1cc(C2CCN(Cc3ccco3)CC2)c2ccc(F)cc21. The average Bonchev–Trinajstić information content (AvgIpc) is 3.31. The predicted molar refractivity (Wildman–Crippen MR) is 107 cm³/mol. The normalized spacial score (nSPS) is 16.4. The molecule has 0 N–H and O–H groups in total. The fourth-order valence-corrected chi connectivity index (χ4v) is 4.36. The second-order valence-corrected chi connectivity index (χ2v) is 7.78. The molecule has 4 heteroatoms. The van der Waals surface area contributed by atoms with Gasteiger partial charge in [0.1, 0.15) is 11.6 Å². The van der Waals surface area contributed by atoms with Gasteiger partial charge >= 0.3 is 0 Å². The molecule has 0 saturated carbocycles. The van der Waals surface area contributed by atoms with E-state index in [0.717, 1.165) is 56.7 Å². The molecule has 3 aromatic rings. The summed E-state index contributed by atoms with van der Waals surface area (Å²) in [5.74, 6) is 1.45. The van der Waals surface area contributed by atoms with Gasteiger partial charge in [0.05, 0.1) is 18.3 Å². The number of unbranched alkanes of at least 4 members (excludes halogenated alkanes) is 2. The summed E-state index contributed by atoms with van der Waals surface area (Å²) in [5.41, 5.74) is 2.46. The van der Waals surface area contributed by atoms with Gasteiger partial charge in [-0.2, -0.15) is 0 Å². The van der Waals surface area contributed by atoms with E-state index in [0.29, 0.717) is 5.92 Å². The largest absolute Gasteiger partial charge is 0.468 e. The number of rotatable bonds is 7. The molecule has 1 fully saturated rings. The zero-order valence-electron chi connectivity index (χ0n) is 16.2. The maximum absolute atomic E-state index is 13.9. The van der Waals surface area contributed by atoms with E-state index in [1.54, 1.807) is 18.4 Å². The van der Waals surface area contributed by atoms with Crippen LogP contribution >= 0.6 is 0 Å². The molecule has 2 aromatic heterocycles. The van der Waals surface area contributed by atoms with Crippen molar-refractivity contribution in [3.05, 3.63) is 59.9 Å². The summed E-state index contributed by atoms with van der Waals surface area (Å²) in [6, 6.07) is 9.29. The first-order valence-electron chi connectivity index (χ1n) is 10.3. The number of benzene rings is 1. The Morgan fingerprint density at radius 2 is 2.00 bits per heavy atom. The Morgan fingerprint density at radius 1 is 1.15 bits per heavy atom. The molecule has 0 unspecified atom stereocenters. The van der Waals surface area contributed by atoms with Crippen molar-refractivity contribution in [2.24, 2.45) is 0 Å². The lowest BCUT2D eigenvalue weighted by Gasteiger charge is -2.31. The Labute approximate surface area is 160 Å². The van der Waals surface area contributed by atoms with Gasteiger partial charge in [-0.3, -0.25) is 4.90 Å². The molecule has 0 atom stereocenters. The van der Waals surface area contributed by atoms with Gasteiger partial charge in [-0.05, 0) is 74.2 Å². The summed E-state index contributed by atoms with van der Waals surface area (Å²) in [4.78, 5) is 2.47. The predicted octanol–water partition coefficient (Wildman–Crippen LogP) is 5.94. The van der Waals surface area contributed by atoms with Crippen molar-refractivity contribution >= 4 is 10.9 Å². The number of likely N-dealkylation sites (tertiary alicyclic amines) is 1. The number of nitrogens with zero attached hydrogens (tertiary/aromatic N) is 2. The van der Waals surface area contributed by atoms with E-state index in [2.05, 4.69) is 22.6 Å². The van der Waals surface area contributed by atoms with Crippen LogP contribution in [0, 0.1) is 5.82 Å². The van der Waals surface area contributed by atoms with Gasteiger partial charge < -0.3 is 8.98 Å². The highest BCUT2D eigenvalue weighted by Crippen LogP contribution is 2.35. The number of furan rings is 1. The van der Waals surface area contributed by atoms with Gasteiger partial charge in [0.2, 0.25) is 0 Å². The monoisotopic (exact) mass is 368 g/mol. The van der Waals surface area contributed by atoms with Crippen molar-refractivity contribution in [3.8, 4) is 0 Å². The van der Waals surface area contributed by atoms with Crippen LogP contribution in [0.25, 0.3) is 10.9 Å². The van der Waals surface area contributed by atoms with Crippen LogP contribution in [0.5, 0.6) is 0 Å². The summed E-state index contributed by atoms with van der Waals surface area (Å²) in [7, 11) is 0. The average molecular weight is 368 g/mol. The third-order valence-corrected chi connectivity index (χ3v) is 5.86. The van der Waals surface area contributed by atoms with Crippen LogP contribution in [0.15, 0.2) is 47.2 Å². The maximum atomic E-state index is 13.9. The highest BCUT2D eigenvalue weighted by Gasteiger charge is 2.24. The number of hydrogen-bond acceptors (Lipinski definition) is 2. The van der Waals surface area contributed by atoms with Crippen molar-refractivity contribution in [1.29, 1.82) is 0 Å². The van der Waals surface area contributed by atoms with Crippen molar-refractivity contribution in [2.45, 2.75) is 58.0 Å². The number of piperidine rings is 1. The lowest BCUT2D eigenvalue weighted by molar-refractivity contribution is 0.191. The van der Waals surface area contributed by atoms with E-state index >= 15 is 0 Å². The first kappa shape index (κ1) is 18.3.